The number of unbranched alkanes of at least 4 members (excludes halogenated alkanes) is 13. The molecule has 0 nitrogen and oxygen atoms in total. The van der Waals surface area contributed by atoms with Crippen molar-refractivity contribution >= 4 is 22.0 Å². The predicted octanol–water partition coefficient (Wildman–Crippen LogP) is 9.63. The van der Waals surface area contributed by atoms with E-state index in [0.29, 0.717) is 0 Å². The number of rotatable bonds is 19. The summed E-state index contributed by atoms with van der Waals surface area (Å²) in [5.41, 5.74) is 0. The highest BCUT2D eigenvalue weighted by atomic mass is 79.9. The van der Waals surface area contributed by atoms with Crippen LogP contribution >= 0.6 is 15.3 Å². The monoisotopic (exact) mass is 418 g/mol. The van der Waals surface area contributed by atoms with Crippen LogP contribution in [0.1, 0.15) is 124 Å². The van der Waals surface area contributed by atoms with Crippen molar-refractivity contribution in [3.63, 3.8) is 0 Å². The Morgan fingerprint density at radius 1 is 0.417 bits per heavy atom. The average molecular weight is 420 g/mol. The second-order valence-corrected chi connectivity index (χ2v) is 16.8. The normalized spacial score (nSPS) is 12.0. The third-order valence-electron chi connectivity index (χ3n) is 5.44. The average Bonchev–Trinajstić information content (AvgIpc) is 2.58. The lowest BCUT2D eigenvalue weighted by atomic mass is 10.1. The summed E-state index contributed by atoms with van der Waals surface area (Å²) in [4.78, 5) is 0. The Morgan fingerprint density at radius 2 is 0.667 bits per heavy atom. The molecule has 0 saturated carbocycles. The van der Waals surface area contributed by atoms with Crippen molar-refractivity contribution < 1.29 is 0 Å². The molecule has 0 spiro atoms. The van der Waals surface area contributed by atoms with Gasteiger partial charge in [0.15, 0.2) is 0 Å². The van der Waals surface area contributed by atoms with Gasteiger partial charge in [-0.05, 0) is 18.1 Å². The Labute approximate surface area is 163 Å². The minimum absolute atomic E-state index is 1.12. The fraction of sp³-hybridized carbons (Fsp3) is 1.00. The van der Waals surface area contributed by atoms with Gasteiger partial charge in [0.25, 0.3) is 0 Å². The molecule has 0 N–H and O–H groups in total. The molecule has 0 aromatic rings. The van der Waals surface area contributed by atoms with Crippen LogP contribution in [-0.4, -0.2) is 6.69 Å². The molecule has 0 atom stereocenters. The molecule has 0 aliphatic rings. The van der Waals surface area contributed by atoms with Gasteiger partial charge >= 0.3 is 0 Å². The van der Waals surface area contributed by atoms with E-state index in [1.54, 1.807) is 12.1 Å². The Hall–Kier alpha value is 0.697. The third kappa shape index (κ3) is 16.2. The van der Waals surface area contributed by atoms with E-state index in [4.69, 9.17) is 0 Å². The van der Waals surface area contributed by atoms with Crippen LogP contribution in [0.4, 0.5) is 0 Å². The second-order valence-electron chi connectivity index (χ2n) is 8.00. The van der Waals surface area contributed by atoms with Gasteiger partial charge in [0.05, 0.1) is 0 Å². The highest BCUT2D eigenvalue weighted by Gasteiger charge is 2.28. The minimum Gasteiger partial charge on any atom is -0.126 e. The molecule has 2 heteroatoms. The van der Waals surface area contributed by atoms with Crippen LogP contribution in [0, 0.1) is 0 Å². The van der Waals surface area contributed by atoms with E-state index < -0.39 is 6.69 Å². The number of hydrogen-bond donors (Lipinski definition) is 0. The van der Waals surface area contributed by atoms with Crippen molar-refractivity contribution in [1.82, 2.24) is 0 Å². The molecule has 0 aliphatic heterocycles. The summed E-state index contributed by atoms with van der Waals surface area (Å²) in [6.45, 7) is 5.83. The van der Waals surface area contributed by atoms with Crippen LogP contribution in [0.15, 0.2) is 0 Å². The number of halogens is 1. The first-order valence-electron chi connectivity index (χ1n) is 11.4. The molecule has 0 amide bonds. The van der Waals surface area contributed by atoms with E-state index in [2.05, 4.69) is 36.1 Å². The summed E-state index contributed by atoms with van der Waals surface area (Å²) < 4.78 is 0. The van der Waals surface area contributed by atoms with Gasteiger partial charge in [-0.25, -0.2) is 0 Å². The van der Waals surface area contributed by atoms with Crippen molar-refractivity contribution in [2.75, 3.05) is 0 Å². The number of hydrogen-bond acceptors (Lipinski definition) is 0. The lowest BCUT2D eigenvalue weighted by Gasteiger charge is -2.25. The van der Waals surface area contributed by atoms with Crippen molar-refractivity contribution in [3.8, 4) is 0 Å². The van der Waals surface area contributed by atoms with Gasteiger partial charge in [0.1, 0.15) is 6.69 Å². The van der Waals surface area contributed by atoms with Gasteiger partial charge in [-0.3, -0.25) is 0 Å². The van der Waals surface area contributed by atoms with Crippen LogP contribution in [-0.2, 0) is 0 Å². The van der Waals surface area contributed by atoms with Gasteiger partial charge in [-0.2, -0.15) is 0 Å². The molecule has 0 heterocycles. The lowest BCUT2D eigenvalue weighted by molar-refractivity contribution is 0.614. The fourth-order valence-corrected chi connectivity index (χ4v) is 9.61. The van der Waals surface area contributed by atoms with E-state index in [9.17, 15) is 0 Å². The smallest absolute Gasteiger partial charge is 0.126 e. The zero-order chi connectivity index (χ0) is 17.9. The highest BCUT2D eigenvalue weighted by molar-refractivity contribution is 9.26. The molecule has 0 bridgehead atoms. The van der Waals surface area contributed by atoms with Gasteiger partial charge in [0, 0.05) is 0 Å². The summed E-state index contributed by atoms with van der Waals surface area (Å²) in [5, 5.41) is 0. The molecule has 0 saturated heterocycles. The lowest BCUT2D eigenvalue weighted by Crippen LogP contribution is -2.25. The topological polar surface area (TPSA) is 0 Å². The van der Waals surface area contributed by atoms with E-state index in [1.165, 1.54) is 109 Å². The van der Waals surface area contributed by atoms with E-state index in [-0.39, 0.29) is 0 Å². The zero-order valence-electron chi connectivity index (χ0n) is 17.3. The van der Waals surface area contributed by atoms with Crippen molar-refractivity contribution in [2.24, 2.45) is 0 Å². The molecule has 24 heavy (non-hydrogen) atoms. The summed E-state index contributed by atoms with van der Waals surface area (Å²) in [5.74, 6) is 0. The highest BCUT2D eigenvalue weighted by Crippen LogP contribution is 2.34. The minimum atomic E-state index is -1.12. The van der Waals surface area contributed by atoms with Crippen LogP contribution in [0.3, 0.4) is 0 Å². The fourth-order valence-electron chi connectivity index (χ4n) is 3.69. The molecule has 0 fully saturated rings. The van der Waals surface area contributed by atoms with Crippen LogP contribution in [0.25, 0.3) is 0 Å². The first-order valence-corrected chi connectivity index (χ1v) is 16.2. The SMILES string of the molecule is CCCCCCCC[Si](Br)(CCCCCC)CCCCCCCC. The van der Waals surface area contributed by atoms with Gasteiger partial charge < -0.3 is 0 Å². The largest absolute Gasteiger partial charge is 0.130 e. The van der Waals surface area contributed by atoms with Crippen molar-refractivity contribution in [3.05, 3.63) is 0 Å². The van der Waals surface area contributed by atoms with Gasteiger partial charge in [-0.1, -0.05) is 124 Å². The predicted molar refractivity (Wildman–Crippen MR) is 120 cm³/mol. The van der Waals surface area contributed by atoms with Crippen LogP contribution < -0.4 is 0 Å². The molecule has 0 aliphatic carbocycles. The first kappa shape index (κ1) is 24.7. The Morgan fingerprint density at radius 3 is 1.00 bits per heavy atom. The van der Waals surface area contributed by atoms with Crippen molar-refractivity contribution in [2.45, 2.75) is 142 Å². The van der Waals surface area contributed by atoms with Gasteiger partial charge in [0.2, 0.25) is 0 Å². The quantitative estimate of drug-likeness (QED) is 0.111. The van der Waals surface area contributed by atoms with E-state index in [0.717, 1.165) is 0 Å². The molecule has 0 unspecified atom stereocenters. The van der Waals surface area contributed by atoms with Crippen LogP contribution in [0.5, 0.6) is 0 Å². The van der Waals surface area contributed by atoms with Crippen molar-refractivity contribution in [1.29, 1.82) is 0 Å². The maximum atomic E-state index is 4.34. The standard InChI is InChI=1S/C22H47BrSi/c1-4-7-10-13-15-18-21-24(23,20-17-12-9-6-3)22-19-16-14-11-8-5-2/h4-22H2,1-3H3. The summed E-state index contributed by atoms with van der Waals surface area (Å²) >= 11 is 4.34. The second kappa shape index (κ2) is 18.5. The van der Waals surface area contributed by atoms with Crippen LogP contribution in [0.2, 0.25) is 18.1 Å². The third-order valence-corrected chi connectivity index (χ3v) is 12.8. The molecule has 0 rings (SSSR count). The summed E-state index contributed by atoms with van der Waals surface area (Å²) in [6, 6.07) is 4.62. The van der Waals surface area contributed by atoms with Gasteiger partial charge in [-0.15, -0.1) is 15.3 Å². The Balaban J connectivity index is 3.98. The molecule has 0 aromatic carbocycles. The molecular weight excluding hydrogens is 372 g/mol. The molecular formula is C22H47BrSi. The summed E-state index contributed by atoms with van der Waals surface area (Å²) in [7, 11) is 0. The Kier molecular flexibility index (Phi) is 19.0. The zero-order valence-corrected chi connectivity index (χ0v) is 19.9. The molecule has 0 radical (unpaired) electrons. The maximum Gasteiger partial charge on any atom is 0.130 e. The molecule has 0 aromatic heterocycles. The molecule has 146 valence electrons. The maximum absolute atomic E-state index is 4.34. The van der Waals surface area contributed by atoms with E-state index >= 15 is 0 Å². The van der Waals surface area contributed by atoms with E-state index in [1.807, 2.05) is 0 Å². The summed E-state index contributed by atoms with van der Waals surface area (Å²) in [6.07, 6.45) is 23.2. The Bertz CT molecular complexity index is 226. The first-order chi connectivity index (χ1) is 11.7.